The van der Waals surface area contributed by atoms with Crippen LogP contribution in [-0.4, -0.2) is 31.2 Å². The van der Waals surface area contributed by atoms with E-state index in [0.717, 1.165) is 0 Å². The Hall–Kier alpha value is -2.53. The zero-order chi connectivity index (χ0) is 16.2. The molecule has 5 heteroatoms. The number of hydrogen-bond donors (Lipinski definition) is 1. The molecular formula is C18H20N2O3. The number of fused-ring (bicyclic) bond motifs is 1. The predicted octanol–water partition coefficient (Wildman–Crippen LogP) is 3.05. The van der Waals surface area contributed by atoms with Crippen LogP contribution in [-0.2, 0) is 4.79 Å². The molecule has 5 nitrogen and oxygen atoms in total. The van der Waals surface area contributed by atoms with Gasteiger partial charge in [-0.25, -0.2) is 0 Å². The van der Waals surface area contributed by atoms with E-state index < -0.39 is 0 Å². The maximum atomic E-state index is 12.2. The molecule has 0 bridgehead atoms. The predicted molar refractivity (Wildman–Crippen MR) is 88.7 cm³/mol. The molecule has 0 saturated carbocycles. The van der Waals surface area contributed by atoms with Gasteiger partial charge in [-0.1, -0.05) is 30.3 Å². The molecule has 1 atom stereocenters. The molecule has 0 unspecified atom stereocenters. The highest BCUT2D eigenvalue weighted by Crippen LogP contribution is 2.34. The molecule has 2 aromatic carbocycles. The van der Waals surface area contributed by atoms with Crippen LogP contribution in [0.5, 0.6) is 11.5 Å². The second-order valence-corrected chi connectivity index (χ2v) is 5.62. The summed E-state index contributed by atoms with van der Waals surface area (Å²) in [4.78, 5) is 14.2. The molecule has 0 radical (unpaired) electrons. The molecule has 23 heavy (non-hydrogen) atoms. The van der Waals surface area contributed by atoms with E-state index in [0.29, 0.717) is 23.7 Å². The van der Waals surface area contributed by atoms with Crippen LogP contribution in [0.4, 0.5) is 5.69 Å². The van der Waals surface area contributed by atoms with Gasteiger partial charge < -0.3 is 14.8 Å². The van der Waals surface area contributed by atoms with E-state index in [1.807, 2.05) is 36.2 Å². The minimum absolute atomic E-state index is 0.0610. The van der Waals surface area contributed by atoms with Crippen molar-refractivity contribution < 1.29 is 14.3 Å². The first-order valence-electron chi connectivity index (χ1n) is 7.58. The van der Waals surface area contributed by atoms with Gasteiger partial charge in [0.15, 0.2) is 11.5 Å². The smallest absolute Gasteiger partial charge is 0.238 e. The maximum Gasteiger partial charge on any atom is 0.238 e. The number of ether oxygens (including phenoxy) is 2. The number of benzene rings is 2. The van der Waals surface area contributed by atoms with Crippen LogP contribution in [0.2, 0.25) is 0 Å². The van der Waals surface area contributed by atoms with E-state index in [1.54, 1.807) is 12.1 Å². The van der Waals surface area contributed by atoms with Gasteiger partial charge in [0.25, 0.3) is 0 Å². The molecule has 1 aliphatic rings. The average molecular weight is 312 g/mol. The SMILES string of the molecule is C[C@@H](c1ccccc1)N(C)CC(=O)Nc1ccc2c(c1)OCO2. The van der Waals surface area contributed by atoms with Crippen molar-refractivity contribution in [2.75, 3.05) is 25.7 Å². The van der Waals surface area contributed by atoms with Crippen molar-refractivity contribution in [3.63, 3.8) is 0 Å². The summed E-state index contributed by atoms with van der Waals surface area (Å²) in [6, 6.07) is 15.7. The summed E-state index contributed by atoms with van der Waals surface area (Å²) in [5, 5.41) is 2.89. The Kier molecular flexibility index (Phi) is 4.48. The van der Waals surface area contributed by atoms with Gasteiger partial charge >= 0.3 is 0 Å². The third kappa shape index (κ3) is 3.63. The summed E-state index contributed by atoms with van der Waals surface area (Å²) >= 11 is 0. The normalized spacial score (nSPS) is 13.9. The Balaban J connectivity index is 1.58. The minimum Gasteiger partial charge on any atom is -0.454 e. The lowest BCUT2D eigenvalue weighted by atomic mass is 10.1. The molecular weight excluding hydrogens is 292 g/mol. The summed E-state index contributed by atoms with van der Waals surface area (Å²) in [7, 11) is 1.94. The fourth-order valence-corrected chi connectivity index (χ4v) is 2.52. The molecule has 1 heterocycles. The summed E-state index contributed by atoms with van der Waals surface area (Å²) in [5.74, 6) is 1.31. The Morgan fingerprint density at radius 2 is 1.91 bits per heavy atom. The molecule has 3 rings (SSSR count). The first-order chi connectivity index (χ1) is 11.1. The van der Waals surface area contributed by atoms with Crippen LogP contribution in [0.1, 0.15) is 18.5 Å². The van der Waals surface area contributed by atoms with Crippen LogP contribution in [0.15, 0.2) is 48.5 Å². The number of carbonyl (C=O) groups excluding carboxylic acids is 1. The van der Waals surface area contributed by atoms with E-state index in [-0.39, 0.29) is 18.7 Å². The highest BCUT2D eigenvalue weighted by Gasteiger charge is 2.17. The molecule has 1 aliphatic heterocycles. The van der Waals surface area contributed by atoms with E-state index in [9.17, 15) is 4.79 Å². The van der Waals surface area contributed by atoms with E-state index in [1.165, 1.54) is 5.56 Å². The maximum absolute atomic E-state index is 12.2. The van der Waals surface area contributed by atoms with Gasteiger partial charge in [-0.05, 0) is 31.7 Å². The van der Waals surface area contributed by atoms with E-state index >= 15 is 0 Å². The van der Waals surface area contributed by atoms with Crippen molar-refractivity contribution in [3.8, 4) is 11.5 Å². The van der Waals surface area contributed by atoms with Gasteiger partial charge in [0.2, 0.25) is 12.7 Å². The number of nitrogens with zero attached hydrogens (tertiary/aromatic N) is 1. The molecule has 0 saturated heterocycles. The number of hydrogen-bond acceptors (Lipinski definition) is 4. The van der Waals surface area contributed by atoms with Gasteiger partial charge in [0.05, 0.1) is 6.54 Å². The van der Waals surface area contributed by atoms with Crippen molar-refractivity contribution in [1.82, 2.24) is 4.90 Å². The third-order valence-electron chi connectivity index (χ3n) is 3.99. The van der Waals surface area contributed by atoms with Gasteiger partial charge in [-0.2, -0.15) is 0 Å². The fraction of sp³-hybridized carbons (Fsp3) is 0.278. The summed E-state index contributed by atoms with van der Waals surface area (Å²) in [5.41, 5.74) is 1.89. The standard InChI is InChI=1S/C18H20N2O3/c1-13(14-6-4-3-5-7-14)20(2)11-18(21)19-15-8-9-16-17(10-15)23-12-22-16/h3-10,13H,11-12H2,1-2H3,(H,19,21)/t13-/m0/s1. The van der Waals surface area contributed by atoms with Crippen LogP contribution in [0.3, 0.4) is 0 Å². The molecule has 2 aromatic rings. The van der Waals surface area contributed by atoms with Gasteiger partial charge in [0, 0.05) is 17.8 Å². The van der Waals surface area contributed by atoms with Crippen LogP contribution in [0.25, 0.3) is 0 Å². The monoisotopic (exact) mass is 312 g/mol. The molecule has 0 aromatic heterocycles. The van der Waals surface area contributed by atoms with Crippen LogP contribution in [0, 0.1) is 0 Å². The second-order valence-electron chi connectivity index (χ2n) is 5.62. The Labute approximate surface area is 135 Å². The van der Waals surface area contributed by atoms with Crippen molar-refractivity contribution >= 4 is 11.6 Å². The molecule has 0 spiro atoms. The van der Waals surface area contributed by atoms with E-state index in [2.05, 4.69) is 24.4 Å². The van der Waals surface area contributed by atoms with Crippen LogP contribution < -0.4 is 14.8 Å². The van der Waals surface area contributed by atoms with Gasteiger partial charge in [-0.3, -0.25) is 9.69 Å². The Morgan fingerprint density at radius 3 is 2.70 bits per heavy atom. The second kappa shape index (κ2) is 6.71. The van der Waals surface area contributed by atoms with Crippen LogP contribution >= 0.6 is 0 Å². The number of anilines is 1. The first-order valence-corrected chi connectivity index (χ1v) is 7.58. The summed E-state index contributed by atoms with van der Waals surface area (Å²) in [6.45, 7) is 2.62. The number of rotatable bonds is 5. The fourth-order valence-electron chi connectivity index (χ4n) is 2.52. The van der Waals surface area contributed by atoms with Gasteiger partial charge in [0.1, 0.15) is 0 Å². The lowest BCUT2D eigenvalue weighted by molar-refractivity contribution is -0.117. The topological polar surface area (TPSA) is 50.8 Å². The number of carbonyl (C=O) groups is 1. The van der Waals surface area contributed by atoms with Crippen molar-refractivity contribution in [3.05, 3.63) is 54.1 Å². The molecule has 1 amide bonds. The van der Waals surface area contributed by atoms with Gasteiger partial charge in [-0.15, -0.1) is 0 Å². The number of likely N-dealkylation sites (N-methyl/N-ethyl adjacent to an activating group) is 1. The molecule has 0 aliphatic carbocycles. The van der Waals surface area contributed by atoms with Crippen molar-refractivity contribution in [2.24, 2.45) is 0 Å². The first kappa shape index (κ1) is 15.4. The summed E-state index contributed by atoms with van der Waals surface area (Å²) in [6.07, 6.45) is 0. The Bertz CT molecular complexity index is 688. The molecule has 1 N–H and O–H groups in total. The zero-order valence-corrected chi connectivity index (χ0v) is 13.3. The lowest BCUT2D eigenvalue weighted by Gasteiger charge is -2.24. The highest BCUT2D eigenvalue weighted by atomic mass is 16.7. The van der Waals surface area contributed by atoms with Crippen molar-refractivity contribution in [2.45, 2.75) is 13.0 Å². The van der Waals surface area contributed by atoms with E-state index in [4.69, 9.17) is 9.47 Å². The summed E-state index contributed by atoms with van der Waals surface area (Å²) < 4.78 is 10.6. The van der Waals surface area contributed by atoms with Crippen molar-refractivity contribution in [1.29, 1.82) is 0 Å². The highest BCUT2D eigenvalue weighted by molar-refractivity contribution is 5.92. The molecule has 0 fully saturated rings. The lowest BCUT2D eigenvalue weighted by Crippen LogP contribution is -2.32. The average Bonchev–Trinajstić information content (AvgIpc) is 3.02. The number of nitrogens with one attached hydrogen (secondary N) is 1. The Morgan fingerprint density at radius 1 is 1.17 bits per heavy atom. The molecule has 120 valence electrons. The quantitative estimate of drug-likeness (QED) is 0.922. The largest absolute Gasteiger partial charge is 0.454 e. The minimum atomic E-state index is -0.0610. The third-order valence-corrected chi connectivity index (χ3v) is 3.99. The zero-order valence-electron chi connectivity index (χ0n) is 13.3. The number of amides is 1.